The first kappa shape index (κ1) is 23.3. The second kappa shape index (κ2) is 9.04. The zero-order chi connectivity index (χ0) is 23.6. The molecule has 0 radical (unpaired) electrons. The summed E-state index contributed by atoms with van der Waals surface area (Å²) in [5, 5.41) is 7.68. The molecule has 3 rings (SSSR count). The minimum absolute atomic E-state index is 0.219. The van der Waals surface area contributed by atoms with Crippen LogP contribution in [-0.4, -0.2) is 34.0 Å². The van der Waals surface area contributed by atoms with Crippen LogP contribution in [0.25, 0.3) is 10.3 Å². The Morgan fingerprint density at radius 1 is 1.16 bits per heavy atom. The molecule has 0 unspecified atom stereocenters. The van der Waals surface area contributed by atoms with Crippen LogP contribution in [0, 0.1) is 6.92 Å². The molecule has 0 fully saturated rings. The highest BCUT2D eigenvalue weighted by Gasteiger charge is 2.35. The predicted octanol–water partition coefficient (Wildman–Crippen LogP) is 4.72. The van der Waals surface area contributed by atoms with Crippen LogP contribution < -0.4 is 16.0 Å². The van der Waals surface area contributed by atoms with Gasteiger partial charge in [-0.25, -0.2) is 19.7 Å². The standard InChI is InChI=1S/C19H19F3N6O3S/c1-8(31-4)14-13(7-24-17-15(14)26-10(3)32-17)28-18(30)27-11-5-12(19(20,21)22)16(23-6-11)25-9(2)29/h5-8H,1-4H3,(H,23,25,29)(H2,27,28,30)/t8-/m0/s1. The van der Waals surface area contributed by atoms with Gasteiger partial charge < -0.3 is 20.7 Å². The average Bonchev–Trinajstić information content (AvgIpc) is 3.07. The number of nitrogens with one attached hydrogen (secondary N) is 3. The number of rotatable bonds is 5. The van der Waals surface area contributed by atoms with Gasteiger partial charge in [-0.05, 0) is 19.9 Å². The molecule has 13 heteroatoms. The Labute approximate surface area is 184 Å². The molecule has 3 N–H and O–H groups in total. The first-order valence-corrected chi connectivity index (χ1v) is 10.0. The van der Waals surface area contributed by atoms with E-state index in [1.807, 2.05) is 12.2 Å². The molecule has 3 aromatic heterocycles. The predicted molar refractivity (Wildman–Crippen MR) is 114 cm³/mol. The van der Waals surface area contributed by atoms with E-state index < -0.39 is 35.6 Å². The van der Waals surface area contributed by atoms with E-state index in [0.717, 1.165) is 18.1 Å². The molecule has 3 amide bonds. The van der Waals surface area contributed by atoms with Gasteiger partial charge in [-0.1, -0.05) is 11.3 Å². The van der Waals surface area contributed by atoms with Crippen LogP contribution in [0.15, 0.2) is 18.5 Å². The molecule has 0 aliphatic carbocycles. The van der Waals surface area contributed by atoms with E-state index in [1.54, 1.807) is 6.92 Å². The van der Waals surface area contributed by atoms with Gasteiger partial charge in [-0.2, -0.15) is 13.2 Å². The second-order valence-electron chi connectivity index (χ2n) is 6.73. The van der Waals surface area contributed by atoms with Crippen molar-refractivity contribution < 1.29 is 27.5 Å². The molecule has 0 saturated carbocycles. The number of halogens is 3. The fourth-order valence-electron chi connectivity index (χ4n) is 2.93. The molecule has 3 aromatic rings. The summed E-state index contributed by atoms with van der Waals surface area (Å²) in [6.07, 6.45) is -2.79. The van der Waals surface area contributed by atoms with E-state index >= 15 is 0 Å². The number of carbonyl (C=O) groups excluding carboxylic acids is 2. The molecule has 0 aliphatic rings. The minimum atomic E-state index is -4.79. The number of pyridine rings is 2. The Morgan fingerprint density at radius 3 is 2.50 bits per heavy atom. The van der Waals surface area contributed by atoms with Crippen LogP contribution in [0.4, 0.5) is 35.2 Å². The normalized spacial score (nSPS) is 12.5. The zero-order valence-electron chi connectivity index (χ0n) is 17.4. The highest BCUT2D eigenvalue weighted by Crippen LogP contribution is 2.36. The summed E-state index contributed by atoms with van der Waals surface area (Å²) in [6, 6.07) is -0.133. The smallest absolute Gasteiger partial charge is 0.377 e. The fraction of sp³-hybridized carbons (Fsp3) is 0.316. The van der Waals surface area contributed by atoms with Gasteiger partial charge in [-0.15, -0.1) is 0 Å². The molecule has 32 heavy (non-hydrogen) atoms. The van der Waals surface area contributed by atoms with Gasteiger partial charge in [0.15, 0.2) is 0 Å². The average molecular weight is 468 g/mol. The monoisotopic (exact) mass is 468 g/mol. The molecule has 0 aromatic carbocycles. The van der Waals surface area contributed by atoms with Crippen molar-refractivity contribution in [2.24, 2.45) is 0 Å². The Kier molecular flexibility index (Phi) is 6.60. The summed E-state index contributed by atoms with van der Waals surface area (Å²) >= 11 is 1.38. The Balaban J connectivity index is 1.89. The number of nitrogens with zero attached hydrogens (tertiary/aromatic N) is 3. The van der Waals surface area contributed by atoms with E-state index in [2.05, 4.69) is 25.6 Å². The van der Waals surface area contributed by atoms with E-state index in [4.69, 9.17) is 4.74 Å². The summed E-state index contributed by atoms with van der Waals surface area (Å²) in [6.45, 7) is 4.66. The Morgan fingerprint density at radius 2 is 1.88 bits per heavy atom. The number of alkyl halides is 3. The number of methoxy groups -OCH3 is 1. The highest BCUT2D eigenvalue weighted by molar-refractivity contribution is 7.18. The van der Waals surface area contributed by atoms with Crippen molar-refractivity contribution in [3.8, 4) is 0 Å². The molecule has 170 valence electrons. The third-order valence-electron chi connectivity index (χ3n) is 4.33. The van der Waals surface area contributed by atoms with E-state index in [0.29, 0.717) is 27.7 Å². The van der Waals surface area contributed by atoms with E-state index in [9.17, 15) is 22.8 Å². The fourth-order valence-corrected chi connectivity index (χ4v) is 3.70. The number of hydrogen-bond acceptors (Lipinski definition) is 7. The highest BCUT2D eigenvalue weighted by atomic mass is 32.1. The van der Waals surface area contributed by atoms with Crippen molar-refractivity contribution in [3.63, 3.8) is 0 Å². The van der Waals surface area contributed by atoms with Gasteiger partial charge in [0, 0.05) is 19.6 Å². The quantitative estimate of drug-likeness (QED) is 0.499. The number of ether oxygens (including phenoxy) is 1. The lowest BCUT2D eigenvalue weighted by Crippen LogP contribution is -2.22. The van der Waals surface area contributed by atoms with Crippen molar-refractivity contribution >= 4 is 50.8 Å². The van der Waals surface area contributed by atoms with Gasteiger partial charge in [0.25, 0.3) is 0 Å². The number of aryl methyl sites for hydroxylation is 1. The summed E-state index contributed by atoms with van der Waals surface area (Å²) < 4.78 is 45.4. The molecule has 0 bridgehead atoms. The summed E-state index contributed by atoms with van der Waals surface area (Å²) in [4.78, 5) is 36.7. The largest absolute Gasteiger partial charge is 0.420 e. The molecule has 3 heterocycles. The van der Waals surface area contributed by atoms with Crippen molar-refractivity contribution in [3.05, 3.63) is 34.6 Å². The maximum atomic E-state index is 13.3. The lowest BCUT2D eigenvalue weighted by Gasteiger charge is -2.17. The molecule has 1 atom stereocenters. The van der Waals surface area contributed by atoms with Gasteiger partial charge in [-0.3, -0.25) is 4.79 Å². The lowest BCUT2D eigenvalue weighted by atomic mass is 10.1. The molecular formula is C19H19F3N6O3S. The first-order valence-electron chi connectivity index (χ1n) is 9.21. The maximum absolute atomic E-state index is 13.3. The maximum Gasteiger partial charge on any atom is 0.420 e. The summed E-state index contributed by atoms with van der Waals surface area (Å²) in [5.74, 6) is -1.36. The number of thiazole rings is 1. The van der Waals surface area contributed by atoms with Gasteiger partial charge in [0.1, 0.15) is 21.7 Å². The van der Waals surface area contributed by atoms with Crippen LogP contribution in [0.3, 0.4) is 0 Å². The van der Waals surface area contributed by atoms with Crippen LogP contribution in [-0.2, 0) is 15.7 Å². The third kappa shape index (κ3) is 5.11. The van der Waals surface area contributed by atoms with Crippen molar-refractivity contribution in [2.75, 3.05) is 23.1 Å². The minimum Gasteiger partial charge on any atom is -0.377 e. The first-order chi connectivity index (χ1) is 15.0. The van der Waals surface area contributed by atoms with Gasteiger partial charge in [0.2, 0.25) is 5.91 Å². The van der Waals surface area contributed by atoms with E-state index in [-0.39, 0.29) is 5.69 Å². The van der Waals surface area contributed by atoms with Gasteiger partial charge >= 0.3 is 12.2 Å². The molecule has 0 saturated heterocycles. The SMILES string of the molecule is CO[C@@H](C)c1c(NC(=O)Nc2cnc(NC(C)=O)c(C(F)(F)F)c2)cnc2sc(C)nc12. The van der Waals surface area contributed by atoms with Crippen LogP contribution in [0.5, 0.6) is 0 Å². The van der Waals surface area contributed by atoms with Gasteiger partial charge in [0.05, 0.1) is 34.9 Å². The Hall–Kier alpha value is -3.32. The molecule has 0 aliphatic heterocycles. The summed E-state index contributed by atoms with van der Waals surface area (Å²) in [7, 11) is 1.50. The molecular weight excluding hydrogens is 449 g/mol. The van der Waals surface area contributed by atoms with Crippen molar-refractivity contribution in [2.45, 2.75) is 33.1 Å². The number of fused-ring (bicyclic) bond motifs is 1. The second-order valence-corrected chi connectivity index (χ2v) is 7.91. The third-order valence-corrected chi connectivity index (χ3v) is 5.20. The van der Waals surface area contributed by atoms with Crippen LogP contribution in [0.2, 0.25) is 0 Å². The number of aromatic nitrogens is 3. The number of amides is 3. The molecule has 0 spiro atoms. The lowest BCUT2D eigenvalue weighted by molar-refractivity contribution is -0.137. The number of hydrogen-bond donors (Lipinski definition) is 3. The van der Waals surface area contributed by atoms with Crippen molar-refractivity contribution in [1.29, 1.82) is 0 Å². The van der Waals surface area contributed by atoms with Crippen LogP contribution in [0.1, 0.15) is 36.1 Å². The topological polar surface area (TPSA) is 118 Å². The number of carbonyl (C=O) groups is 2. The summed E-state index contributed by atoms with van der Waals surface area (Å²) in [5.41, 5.74) is 0.0463. The molecule has 9 nitrogen and oxygen atoms in total. The number of urea groups is 1. The van der Waals surface area contributed by atoms with E-state index in [1.165, 1.54) is 24.6 Å². The van der Waals surface area contributed by atoms with Crippen LogP contribution >= 0.6 is 11.3 Å². The number of anilines is 3. The zero-order valence-corrected chi connectivity index (χ0v) is 18.2. The van der Waals surface area contributed by atoms with Crippen molar-refractivity contribution in [1.82, 2.24) is 15.0 Å². The Bertz CT molecular complexity index is 1180.